The first-order chi connectivity index (χ1) is 14.0. The molecule has 1 unspecified atom stereocenters. The summed E-state index contributed by atoms with van der Waals surface area (Å²) in [6.45, 7) is 1.00. The van der Waals surface area contributed by atoms with E-state index in [4.69, 9.17) is 14.9 Å². The van der Waals surface area contributed by atoms with E-state index < -0.39 is 15.9 Å². The quantitative estimate of drug-likeness (QED) is 0.778. The number of hydrogen-bond donors (Lipinski definition) is 2. The van der Waals surface area contributed by atoms with E-state index in [1.165, 1.54) is 19.0 Å². The molecule has 0 bridgehead atoms. The number of aromatic nitrogens is 3. The lowest BCUT2D eigenvalue weighted by Crippen LogP contribution is -2.19. The van der Waals surface area contributed by atoms with Crippen LogP contribution in [0.4, 0.5) is 10.5 Å². The summed E-state index contributed by atoms with van der Waals surface area (Å²) in [6.07, 6.45) is 8.57. The number of nitrogens with zero attached hydrogens (tertiary/aromatic N) is 4. The van der Waals surface area contributed by atoms with Gasteiger partial charge in [0.2, 0.25) is 5.88 Å². The van der Waals surface area contributed by atoms with Crippen LogP contribution in [0.5, 0.6) is 5.88 Å². The zero-order valence-electron chi connectivity index (χ0n) is 15.9. The van der Waals surface area contributed by atoms with Crippen LogP contribution < -0.4 is 15.2 Å². The fourth-order valence-electron chi connectivity index (χ4n) is 4.97. The van der Waals surface area contributed by atoms with Gasteiger partial charge in [0.1, 0.15) is 11.5 Å². The third-order valence-corrected chi connectivity index (χ3v) is 7.95. The molecule has 6 rings (SSSR count). The first kappa shape index (κ1) is 17.4. The van der Waals surface area contributed by atoms with Crippen LogP contribution in [0.2, 0.25) is 0 Å². The minimum Gasteiger partial charge on any atom is -0.475 e. The van der Waals surface area contributed by atoms with Crippen LogP contribution >= 0.6 is 0 Å². The van der Waals surface area contributed by atoms with Crippen LogP contribution in [0, 0.1) is 0 Å². The predicted octanol–water partition coefficient (Wildman–Crippen LogP) is 2.07. The summed E-state index contributed by atoms with van der Waals surface area (Å²) in [5, 5.41) is 13.0. The lowest BCUT2D eigenvalue weighted by atomic mass is 10.0. The summed E-state index contributed by atoms with van der Waals surface area (Å²) >= 11 is 0. The van der Waals surface area contributed by atoms with Gasteiger partial charge in [-0.1, -0.05) is 0 Å². The highest BCUT2D eigenvalue weighted by atomic mass is 32.2. The molecule has 1 aliphatic heterocycles. The Hall–Kier alpha value is -2.46. The molecule has 3 heterocycles. The van der Waals surface area contributed by atoms with Crippen molar-refractivity contribution in [3.63, 3.8) is 0 Å². The van der Waals surface area contributed by atoms with E-state index in [1.807, 2.05) is 0 Å². The molecule has 1 spiro atoms. The molecule has 2 aromatic rings. The van der Waals surface area contributed by atoms with Crippen molar-refractivity contribution in [1.29, 1.82) is 0 Å². The Morgan fingerprint density at radius 1 is 1.28 bits per heavy atom. The van der Waals surface area contributed by atoms with Crippen molar-refractivity contribution >= 4 is 21.6 Å². The first-order valence-corrected chi connectivity index (χ1v) is 11.6. The number of ether oxygens (including phenoxy) is 1. The maximum absolute atomic E-state index is 13.0. The van der Waals surface area contributed by atoms with Gasteiger partial charge in [-0.05, 0) is 56.1 Å². The highest BCUT2D eigenvalue weighted by Gasteiger charge is 2.51. The normalized spacial score (nSPS) is 21.8. The highest BCUT2D eigenvalue weighted by Crippen LogP contribution is 2.58. The monoisotopic (exact) mass is 414 g/mol. The molecule has 0 radical (unpaired) electrons. The van der Waals surface area contributed by atoms with E-state index >= 15 is 0 Å². The third kappa shape index (κ3) is 2.55. The smallest absolute Gasteiger partial charge is 0.354 e. The van der Waals surface area contributed by atoms with Gasteiger partial charge in [0.15, 0.2) is 9.92 Å². The molecule has 29 heavy (non-hydrogen) atoms. The lowest BCUT2D eigenvalue weighted by molar-refractivity contribution is 0.260. The number of carbonyl (C=O) groups is 1. The molecule has 1 atom stereocenters. The molecule has 2 amide bonds. The van der Waals surface area contributed by atoms with E-state index in [0.717, 1.165) is 60.3 Å². The van der Waals surface area contributed by atoms with Crippen LogP contribution in [-0.4, -0.2) is 31.6 Å². The fourth-order valence-corrected chi connectivity index (χ4v) is 5.97. The van der Waals surface area contributed by atoms with Crippen molar-refractivity contribution in [3.8, 4) is 5.88 Å². The van der Waals surface area contributed by atoms with Crippen molar-refractivity contribution < 1.29 is 13.7 Å². The minimum absolute atomic E-state index is 0.160. The van der Waals surface area contributed by atoms with Crippen LogP contribution in [-0.2, 0) is 41.1 Å². The summed E-state index contributed by atoms with van der Waals surface area (Å²) in [5.41, 5.74) is 5.52. The Kier molecular flexibility index (Phi) is 3.47. The Bertz CT molecular complexity index is 1190. The predicted molar refractivity (Wildman–Crippen MR) is 105 cm³/mol. The molecule has 1 fully saturated rings. The summed E-state index contributed by atoms with van der Waals surface area (Å²) in [5.74, 6) is 0.329. The molecule has 0 saturated heterocycles. The largest absolute Gasteiger partial charge is 0.475 e. The maximum Gasteiger partial charge on any atom is 0.354 e. The number of nitrogens with two attached hydrogens (primary N) is 1. The Balaban J connectivity index is 1.37. The zero-order chi connectivity index (χ0) is 19.8. The van der Waals surface area contributed by atoms with Crippen molar-refractivity contribution in [1.82, 2.24) is 14.8 Å². The molecular weight excluding hydrogens is 392 g/mol. The van der Waals surface area contributed by atoms with Gasteiger partial charge >= 0.3 is 6.03 Å². The maximum atomic E-state index is 13.0. The molecule has 0 aromatic carbocycles. The molecule has 2 aromatic heterocycles. The summed E-state index contributed by atoms with van der Waals surface area (Å²) in [6, 6.07) is -0.699. The second-order valence-corrected chi connectivity index (χ2v) is 10.1. The highest BCUT2D eigenvalue weighted by molar-refractivity contribution is 7.91. The molecule has 4 aliphatic rings. The number of hydrogen-bond acceptors (Lipinski definition) is 5. The van der Waals surface area contributed by atoms with Gasteiger partial charge in [0.05, 0.1) is 24.1 Å². The van der Waals surface area contributed by atoms with Crippen molar-refractivity contribution in [3.05, 3.63) is 28.7 Å². The number of amides is 2. The number of carbonyl (C=O) groups excluding carboxylic acids is 1. The number of pyridine rings is 1. The Morgan fingerprint density at radius 3 is 2.97 bits per heavy atom. The van der Waals surface area contributed by atoms with E-state index in [2.05, 4.69) is 14.8 Å². The third-order valence-electron chi connectivity index (χ3n) is 6.60. The summed E-state index contributed by atoms with van der Waals surface area (Å²) in [4.78, 5) is 17.9. The second kappa shape index (κ2) is 5.79. The van der Waals surface area contributed by atoms with Crippen molar-refractivity contribution in [2.45, 2.75) is 61.8 Å². The van der Waals surface area contributed by atoms with Gasteiger partial charge in [0, 0.05) is 11.1 Å². The first-order valence-electron chi connectivity index (χ1n) is 10.1. The Labute approximate surface area is 168 Å². The molecule has 3 aliphatic carbocycles. The fraction of sp³-hybridized carbons (Fsp3) is 0.526. The van der Waals surface area contributed by atoms with Crippen LogP contribution in [0.25, 0.3) is 0 Å². The minimum atomic E-state index is -3.46. The molecule has 1 saturated carbocycles. The number of aryl methyl sites for hydroxylation is 1. The Morgan fingerprint density at radius 2 is 2.14 bits per heavy atom. The average Bonchev–Trinajstić information content (AvgIpc) is 3.08. The second-order valence-electron chi connectivity index (χ2n) is 8.35. The van der Waals surface area contributed by atoms with Gasteiger partial charge in [-0.25, -0.2) is 18.8 Å². The van der Waals surface area contributed by atoms with Crippen LogP contribution in [0.1, 0.15) is 48.2 Å². The van der Waals surface area contributed by atoms with E-state index in [1.54, 1.807) is 4.68 Å². The SMILES string of the molecule is NS(=O)(=NC(=O)Nc1c2c(nc3c1CCC31CC1)CCC2)c1cnn2c1OCC2. The standard InChI is InChI=1S/C19H22N6O3S/c20-29(27,14-10-21-25-8-9-28-17(14)25)24-18(26)23-15-11-2-1-3-13(11)22-16-12(15)4-5-19(16)6-7-19/h10H,1-9H2,(H3,20,22,23,24,26,27). The van der Waals surface area contributed by atoms with E-state index in [-0.39, 0.29) is 10.3 Å². The van der Waals surface area contributed by atoms with Gasteiger partial charge in [0.25, 0.3) is 0 Å². The van der Waals surface area contributed by atoms with Crippen molar-refractivity contribution in [2.24, 2.45) is 9.50 Å². The lowest BCUT2D eigenvalue weighted by Gasteiger charge is -2.16. The summed E-state index contributed by atoms with van der Waals surface area (Å²) < 4.78 is 23.8. The van der Waals surface area contributed by atoms with Gasteiger partial charge in [-0.3, -0.25) is 4.98 Å². The summed E-state index contributed by atoms with van der Waals surface area (Å²) in [7, 11) is -3.46. The van der Waals surface area contributed by atoms with Gasteiger partial charge in [-0.2, -0.15) is 5.10 Å². The van der Waals surface area contributed by atoms with Crippen LogP contribution in [0.3, 0.4) is 0 Å². The van der Waals surface area contributed by atoms with Crippen molar-refractivity contribution in [2.75, 3.05) is 11.9 Å². The molecule has 3 N–H and O–H groups in total. The molecule has 152 valence electrons. The molecular formula is C19H22N6O3S. The zero-order valence-corrected chi connectivity index (χ0v) is 16.8. The van der Waals surface area contributed by atoms with E-state index in [0.29, 0.717) is 19.0 Å². The number of rotatable bonds is 2. The van der Waals surface area contributed by atoms with Crippen LogP contribution in [0.15, 0.2) is 15.5 Å². The topological polar surface area (TPSA) is 124 Å². The van der Waals surface area contributed by atoms with Gasteiger partial charge in [-0.15, -0.1) is 4.36 Å². The average molecular weight is 414 g/mol. The number of nitrogens with one attached hydrogen (secondary N) is 1. The van der Waals surface area contributed by atoms with Gasteiger partial charge < -0.3 is 10.1 Å². The number of anilines is 1. The molecule has 9 nitrogen and oxygen atoms in total. The number of fused-ring (bicyclic) bond motifs is 4. The van der Waals surface area contributed by atoms with E-state index in [9.17, 15) is 9.00 Å². The molecule has 10 heteroatoms. The number of urea groups is 1.